The van der Waals surface area contributed by atoms with E-state index >= 15 is 0 Å². The number of ether oxygens (including phenoxy) is 1. The minimum atomic E-state index is -0.239. The first-order chi connectivity index (χ1) is 9.10. The van der Waals surface area contributed by atoms with Crippen LogP contribution in [-0.2, 0) is 4.79 Å². The molecule has 1 aromatic rings. The highest BCUT2D eigenvalue weighted by atomic mass is 16.5. The number of aliphatic hydroxyl groups excluding tert-OH is 1. The third-order valence-corrected chi connectivity index (χ3v) is 3.64. The van der Waals surface area contributed by atoms with Crippen molar-refractivity contribution in [1.29, 1.82) is 0 Å². The lowest BCUT2D eigenvalue weighted by molar-refractivity contribution is -0.123. The molecule has 1 aliphatic carbocycles. The standard InChI is InChI=1S/C15H21NO3/c1-10(13-5-3-4-6-14(13)19-2)7-15(18)16-11-8-12(17)9-11/h3-6,10-12,17H,7-9H2,1-2H3,(H,16,18). The van der Waals surface area contributed by atoms with Gasteiger partial charge in [-0.15, -0.1) is 0 Å². The number of benzene rings is 1. The van der Waals surface area contributed by atoms with Crippen LogP contribution in [0, 0.1) is 0 Å². The van der Waals surface area contributed by atoms with E-state index in [-0.39, 0.29) is 24.0 Å². The first-order valence-corrected chi connectivity index (χ1v) is 6.70. The second-order valence-electron chi connectivity index (χ2n) is 5.24. The number of methoxy groups -OCH3 is 1. The molecule has 0 aromatic heterocycles. The molecule has 1 aromatic carbocycles. The number of aliphatic hydroxyl groups is 1. The maximum atomic E-state index is 11.9. The number of carbonyl (C=O) groups excluding carboxylic acids is 1. The molecule has 1 saturated carbocycles. The molecule has 0 spiro atoms. The van der Waals surface area contributed by atoms with Crippen LogP contribution < -0.4 is 10.1 Å². The Kier molecular flexibility index (Phi) is 4.43. The molecule has 1 unspecified atom stereocenters. The number of hydrogen-bond donors (Lipinski definition) is 2. The zero-order valence-electron chi connectivity index (χ0n) is 11.4. The van der Waals surface area contributed by atoms with E-state index < -0.39 is 0 Å². The van der Waals surface area contributed by atoms with Gasteiger partial charge in [0.2, 0.25) is 5.91 Å². The van der Waals surface area contributed by atoms with Crippen molar-refractivity contribution in [3.63, 3.8) is 0 Å². The molecule has 2 N–H and O–H groups in total. The van der Waals surface area contributed by atoms with Crippen molar-refractivity contribution in [3.05, 3.63) is 29.8 Å². The largest absolute Gasteiger partial charge is 0.496 e. The second kappa shape index (κ2) is 6.06. The summed E-state index contributed by atoms with van der Waals surface area (Å²) in [6.45, 7) is 2.02. The van der Waals surface area contributed by atoms with Gasteiger partial charge >= 0.3 is 0 Å². The molecule has 1 atom stereocenters. The van der Waals surface area contributed by atoms with Crippen molar-refractivity contribution >= 4 is 5.91 Å². The van der Waals surface area contributed by atoms with Gasteiger partial charge in [-0.1, -0.05) is 25.1 Å². The average Bonchev–Trinajstić information content (AvgIpc) is 2.36. The van der Waals surface area contributed by atoms with Gasteiger partial charge in [-0.05, 0) is 30.4 Å². The summed E-state index contributed by atoms with van der Waals surface area (Å²) in [4.78, 5) is 11.9. The first kappa shape index (κ1) is 13.9. The predicted octanol–water partition coefficient (Wildman–Crippen LogP) is 1.83. The van der Waals surface area contributed by atoms with Crippen LogP contribution in [0.3, 0.4) is 0 Å². The van der Waals surface area contributed by atoms with Gasteiger partial charge in [0.1, 0.15) is 5.75 Å². The zero-order chi connectivity index (χ0) is 13.8. The van der Waals surface area contributed by atoms with E-state index in [9.17, 15) is 9.90 Å². The fourth-order valence-corrected chi connectivity index (χ4v) is 2.45. The highest BCUT2D eigenvalue weighted by Crippen LogP contribution is 2.28. The normalized spacial score (nSPS) is 23.3. The predicted molar refractivity (Wildman–Crippen MR) is 73.2 cm³/mol. The molecule has 2 rings (SSSR count). The van der Waals surface area contributed by atoms with Gasteiger partial charge in [0, 0.05) is 12.5 Å². The summed E-state index contributed by atoms with van der Waals surface area (Å²) < 4.78 is 5.31. The molecule has 19 heavy (non-hydrogen) atoms. The minimum Gasteiger partial charge on any atom is -0.496 e. The SMILES string of the molecule is COc1ccccc1C(C)CC(=O)NC1CC(O)C1. The van der Waals surface area contributed by atoms with Crippen LogP contribution in [-0.4, -0.2) is 30.3 Å². The summed E-state index contributed by atoms with van der Waals surface area (Å²) >= 11 is 0. The molecule has 1 amide bonds. The van der Waals surface area contributed by atoms with E-state index in [1.165, 1.54) is 0 Å². The van der Waals surface area contributed by atoms with Crippen LogP contribution in [0.1, 0.15) is 37.7 Å². The average molecular weight is 263 g/mol. The fourth-order valence-electron chi connectivity index (χ4n) is 2.45. The Morgan fingerprint density at radius 2 is 2.16 bits per heavy atom. The van der Waals surface area contributed by atoms with Crippen LogP contribution in [0.4, 0.5) is 0 Å². The van der Waals surface area contributed by atoms with Gasteiger partial charge in [-0.25, -0.2) is 0 Å². The number of rotatable bonds is 5. The molecule has 0 radical (unpaired) electrons. The molecule has 0 bridgehead atoms. The zero-order valence-corrected chi connectivity index (χ0v) is 11.4. The number of hydrogen-bond acceptors (Lipinski definition) is 3. The molecule has 0 heterocycles. The van der Waals surface area contributed by atoms with E-state index in [4.69, 9.17) is 4.74 Å². The molecular formula is C15H21NO3. The number of para-hydroxylation sites is 1. The lowest BCUT2D eigenvalue weighted by atomic mass is 9.89. The van der Waals surface area contributed by atoms with E-state index in [1.807, 2.05) is 31.2 Å². The van der Waals surface area contributed by atoms with Gasteiger partial charge in [0.05, 0.1) is 13.2 Å². The third-order valence-electron chi connectivity index (χ3n) is 3.64. The highest BCUT2D eigenvalue weighted by Gasteiger charge is 2.28. The summed E-state index contributed by atoms with van der Waals surface area (Å²) in [6.07, 6.45) is 1.55. The van der Waals surface area contributed by atoms with Gasteiger partial charge in [-0.3, -0.25) is 4.79 Å². The van der Waals surface area contributed by atoms with Crippen molar-refractivity contribution < 1.29 is 14.6 Å². The summed E-state index contributed by atoms with van der Waals surface area (Å²) in [5.41, 5.74) is 1.05. The van der Waals surface area contributed by atoms with Crippen LogP contribution >= 0.6 is 0 Å². The quantitative estimate of drug-likeness (QED) is 0.852. The third kappa shape index (κ3) is 3.47. The minimum absolute atomic E-state index is 0.0373. The molecule has 0 saturated heterocycles. The maximum absolute atomic E-state index is 11.9. The van der Waals surface area contributed by atoms with Gasteiger partial charge < -0.3 is 15.2 Å². The molecule has 4 heteroatoms. The Morgan fingerprint density at radius 3 is 2.79 bits per heavy atom. The van der Waals surface area contributed by atoms with E-state index in [2.05, 4.69) is 5.32 Å². The topological polar surface area (TPSA) is 58.6 Å². The molecular weight excluding hydrogens is 242 g/mol. The van der Waals surface area contributed by atoms with Crippen molar-refractivity contribution in [3.8, 4) is 5.75 Å². The van der Waals surface area contributed by atoms with Crippen LogP contribution in [0.2, 0.25) is 0 Å². The molecule has 104 valence electrons. The Hall–Kier alpha value is -1.55. The lowest BCUT2D eigenvalue weighted by Gasteiger charge is -2.32. The van der Waals surface area contributed by atoms with Gasteiger partial charge in [0.25, 0.3) is 0 Å². The maximum Gasteiger partial charge on any atom is 0.220 e. The summed E-state index contributed by atoms with van der Waals surface area (Å²) in [5, 5.41) is 12.1. The number of amides is 1. The number of carbonyl (C=O) groups is 1. The second-order valence-corrected chi connectivity index (χ2v) is 5.24. The Bertz CT molecular complexity index is 441. The fraction of sp³-hybridized carbons (Fsp3) is 0.533. The van der Waals surface area contributed by atoms with Crippen LogP contribution in [0.25, 0.3) is 0 Å². The van der Waals surface area contributed by atoms with Crippen molar-refractivity contribution in [2.45, 2.75) is 44.2 Å². The summed E-state index contributed by atoms with van der Waals surface area (Å²) in [6, 6.07) is 7.92. The molecule has 0 aliphatic heterocycles. The molecule has 4 nitrogen and oxygen atoms in total. The van der Waals surface area contributed by atoms with Gasteiger partial charge in [-0.2, -0.15) is 0 Å². The number of nitrogens with one attached hydrogen (secondary N) is 1. The highest BCUT2D eigenvalue weighted by molar-refractivity contribution is 5.77. The molecule has 1 fully saturated rings. The lowest BCUT2D eigenvalue weighted by Crippen LogP contribution is -2.46. The van der Waals surface area contributed by atoms with Gasteiger partial charge in [0.15, 0.2) is 0 Å². The molecule has 1 aliphatic rings. The summed E-state index contributed by atoms with van der Waals surface area (Å²) in [7, 11) is 1.64. The Morgan fingerprint density at radius 1 is 1.47 bits per heavy atom. The van der Waals surface area contributed by atoms with Crippen LogP contribution in [0.15, 0.2) is 24.3 Å². The summed E-state index contributed by atoms with van der Waals surface area (Å²) in [5.74, 6) is 0.971. The monoisotopic (exact) mass is 263 g/mol. The van der Waals surface area contributed by atoms with E-state index in [0.717, 1.165) is 11.3 Å². The van der Waals surface area contributed by atoms with Crippen molar-refractivity contribution in [2.24, 2.45) is 0 Å². The van der Waals surface area contributed by atoms with Crippen molar-refractivity contribution in [1.82, 2.24) is 5.32 Å². The Labute approximate surface area is 113 Å². The Balaban J connectivity index is 1.89. The van der Waals surface area contributed by atoms with Crippen LogP contribution in [0.5, 0.6) is 5.75 Å². The van der Waals surface area contributed by atoms with E-state index in [0.29, 0.717) is 19.3 Å². The smallest absolute Gasteiger partial charge is 0.220 e. The van der Waals surface area contributed by atoms with E-state index in [1.54, 1.807) is 7.11 Å². The first-order valence-electron chi connectivity index (χ1n) is 6.70. The van der Waals surface area contributed by atoms with Crippen molar-refractivity contribution in [2.75, 3.05) is 7.11 Å².